The van der Waals surface area contributed by atoms with Crippen LogP contribution in [-0.4, -0.2) is 16.0 Å². The fraction of sp³-hybridized carbons (Fsp3) is 0.400. The summed E-state index contributed by atoms with van der Waals surface area (Å²) in [5.41, 5.74) is 1.99. The van der Waals surface area contributed by atoms with Crippen molar-refractivity contribution < 1.29 is 0 Å². The molecule has 15 heavy (non-hydrogen) atoms. The molecule has 0 aromatic carbocycles. The van der Waals surface area contributed by atoms with Crippen molar-refractivity contribution in [2.75, 3.05) is 5.32 Å². The van der Waals surface area contributed by atoms with Gasteiger partial charge in [-0.25, -0.2) is 9.97 Å². The molecule has 0 aliphatic heterocycles. The number of thiazole rings is 2. The molecule has 2 heterocycles. The van der Waals surface area contributed by atoms with E-state index in [2.05, 4.69) is 26.0 Å². The monoisotopic (exact) mass is 237 g/mol. The van der Waals surface area contributed by atoms with Gasteiger partial charge in [0.1, 0.15) is 11.4 Å². The molecule has 0 saturated heterocycles. The highest BCUT2D eigenvalue weighted by Gasteiger charge is 2.22. The summed E-state index contributed by atoms with van der Waals surface area (Å²) in [5, 5.41) is 9.64. The number of nitrogens with one attached hydrogen (secondary N) is 1. The molecule has 2 aromatic heterocycles. The van der Waals surface area contributed by atoms with Gasteiger partial charge in [-0.3, -0.25) is 0 Å². The lowest BCUT2D eigenvalue weighted by Gasteiger charge is -1.95. The van der Waals surface area contributed by atoms with Gasteiger partial charge in [-0.1, -0.05) is 0 Å². The highest BCUT2D eigenvalue weighted by atomic mass is 32.1. The molecule has 3 nitrogen and oxygen atoms in total. The molecule has 0 radical (unpaired) electrons. The molecule has 0 amide bonds. The smallest absolute Gasteiger partial charge is 0.183 e. The van der Waals surface area contributed by atoms with E-state index in [9.17, 15) is 0 Å². The Morgan fingerprint density at radius 2 is 1.93 bits per heavy atom. The van der Waals surface area contributed by atoms with Crippen molar-refractivity contribution in [2.24, 2.45) is 0 Å². The third-order valence-corrected chi connectivity index (χ3v) is 3.84. The predicted octanol–water partition coefficient (Wildman–Crippen LogP) is 3.15. The van der Waals surface area contributed by atoms with Crippen LogP contribution in [0.5, 0.6) is 0 Å². The first-order chi connectivity index (χ1) is 7.31. The van der Waals surface area contributed by atoms with Crippen LogP contribution in [-0.2, 0) is 0 Å². The number of aromatic nitrogens is 2. The molecule has 1 aliphatic rings. The number of anilines is 1. The van der Waals surface area contributed by atoms with Crippen molar-refractivity contribution in [3.8, 4) is 11.4 Å². The quantitative estimate of drug-likeness (QED) is 0.891. The molecule has 0 spiro atoms. The molecular weight excluding hydrogens is 226 g/mol. The zero-order valence-corrected chi connectivity index (χ0v) is 9.99. The van der Waals surface area contributed by atoms with Crippen molar-refractivity contribution in [3.05, 3.63) is 15.8 Å². The van der Waals surface area contributed by atoms with Crippen LogP contribution in [0.15, 0.2) is 10.8 Å². The van der Waals surface area contributed by atoms with Gasteiger partial charge in [0.05, 0.1) is 5.01 Å². The molecule has 2 aromatic rings. The first kappa shape index (κ1) is 9.30. The fourth-order valence-electron chi connectivity index (χ4n) is 1.34. The normalized spacial score (nSPS) is 15.5. The first-order valence-electron chi connectivity index (χ1n) is 4.96. The SMILES string of the molecule is Cc1nc(-c2csc(NC3CC3)n2)cs1. The van der Waals surface area contributed by atoms with Gasteiger partial charge in [-0.2, -0.15) is 0 Å². The minimum absolute atomic E-state index is 0.668. The van der Waals surface area contributed by atoms with Gasteiger partial charge in [0.15, 0.2) is 5.13 Å². The van der Waals surface area contributed by atoms with Gasteiger partial charge in [0, 0.05) is 16.8 Å². The van der Waals surface area contributed by atoms with E-state index in [1.165, 1.54) is 12.8 Å². The lowest BCUT2D eigenvalue weighted by atomic mass is 10.4. The number of hydrogen-bond acceptors (Lipinski definition) is 5. The van der Waals surface area contributed by atoms with Crippen molar-refractivity contribution in [2.45, 2.75) is 25.8 Å². The molecule has 0 unspecified atom stereocenters. The van der Waals surface area contributed by atoms with Crippen molar-refractivity contribution in [1.82, 2.24) is 9.97 Å². The van der Waals surface area contributed by atoms with Crippen molar-refractivity contribution >= 4 is 27.8 Å². The summed E-state index contributed by atoms with van der Waals surface area (Å²) in [4.78, 5) is 8.95. The van der Waals surface area contributed by atoms with E-state index in [4.69, 9.17) is 0 Å². The minimum atomic E-state index is 0.668. The fourth-order valence-corrected chi connectivity index (χ4v) is 2.73. The van der Waals surface area contributed by atoms with E-state index in [-0.39, 0.29) is 0 Å². The van der Waals surface area contributed by atoms with Crippen LogP contribution in [0.3, 0.4) is 0 Å². The zero-order valence-electron chi connectivity index (χ0n) is 8.36. The topological polar surface area (TPSA) is 37.8 Å². The van der Waals surface area contributed by atoms with Gasteiger partial charge in [0.25, 0.3) is 0 Å². The number of nitrogens with zero attached hydrogens (tertiary/aromatic N) is 2. The lowest BCUT2D eigenvalue weighted by Crippen LogP contribution is -1.99. The molecule has 78 valence electrons. The third-order valence-electron chi connectivity index (χ3n) is 2.29. The summed E-state index contributed by atoms with van der Waals surface area (Å²) in [6, 6.07) is 0.668. The Balaban J connectivity index is 1.82. The second-order valence-corrected chi connectivity index (χ2v) is 5.63. The second kappa shape index (κ2) is 3.57. The van der Waals surface area contributed by atoms with E-state index in [1.807, 2.05) is 6.92 Å². The minimum Gasteiger partial charge on any atom is -0.359 e. The average Bonchev–Trinajstić information content (AvgIpc) is 2.74. The van der Waals surface area contributed by atoms with Crippen LogP contribution in [0.2, 0.25) is 0 Å². The Hall–Kier alpha value is -0.940. The van der Waals surface area contributed by atoms with Crippen LogP contribution >= 0.6 is 22.7 Å². The molecule has 1 N–H and O–H groups in total. The maximum atomic E-state index is 4.53. The van der Waals surface area contributed by atoms with Gasteiger partial charge in [-0.15, -0.1) is 22.7 Å². The summed E-state index contributed by atoms with van der Waals surface area (Å²) in [5.74, 6) is 0. The predicted molar refractivity (Wildman–Crippen MR) is 64.6 cm³/mol. The van der Waals surface area contributed by atoms with Gasteiger partial charge >= 0.3 is 0 Å². The summed E-state index contributed by atoms with van der Waals surface area (Å²) in [7, 11) is 0. The van der Waals surface area contributed by atoms with E-state index in [0.717, 1.165) is 21.5 Å². The molecule has 0 bridgehead atoms. The standard InChI is InChI=1S/C10H11N3S2/c1-6-11-8(4-14-6)9-5-15-10(13-9)12-7-2-3-7/h4-5,7H,2-3H2,1H3,(H,12,13). The van der Waals surface area contributed by atoms with E-state index in [1.54, 1.807) is 22.7 Å². The van der Waals surface area contributed by atoms with Gasteiger partial charge in [0.2, 0.25) is 0 Å². The highest BCUT2D eigenvalue weighted by molar-refractivity contribution is 7.14. The Morgan fingerprint density at radius 3 is 2.60 bits per heavy atom. The van der Waals surface area contributed by atoms with Gasteiger partial charge in [-0.05, 0) is 19.8 Å². The maximum absolute atomic E-state index is 4.53. The summed E-state index contributed by atoms with van der Waals surface area (Å²) in [6.45, 7) is 2.02. The van der Waals surface area contributed by atoms with E-state index >= 15 is 0 Å². The Kier molecular flexibility index (Phi) is 2.21. The average molecular weight is 237 g/mol. The summed E-state index contributed by atoms with van der Waals surface area (Å²) in [6.07, 6.45) is 2.56. The van der Waals surface area contributed by atoms with Crippen LogP contribution in [0.4, 0.5) is 5.13 Å². The van der Waals surface area contributed by atoms with Gasteiger partial charge < -0.3 is 5.32 Å². The largest absolute Gasteiger partial charge is 0.359 e. The van der Waals surface area contributed by atoms with Crippen LogP contribution in [0, 0.1) is 6.92 Å². The Morgan fingerprint density at radius 1 is 1.20 bits per heavy atom. The first-order valence-corrected chi connectivity index (χ1v) is 6.72. The third kappa shape index (κ3) is 2.03. The van der Waals surface area contributed by atoms with Crippen LogP contribution in [0.25, 0.3) is 11.4 Å². The lowest BCUT2D eigenvalue weighted by molar-refractivity contribution is 1.14. The summed E-state index contributed by atoms with van der Waals surface area (Å²) >= 11 is 3.33. The van der Waals surface area contributed by atoms with Crippen molar-refractivity contribution in [1.29, 1.82) is 0 Å². The van der Waals surface area contributed by atoms with E-state index in [0.29, 0.717) is 6.04 Å². The summed E-state index contributed by atoms with van der Waals surface area (Å²) < 4.78 is 0. The van der Waals surface area contributed by atoms with Crippen LogP contribution < -0.4 is 5.32 Å². The molecular formula is C10H11N3S2. The second-order valence-electron chi connectivity index (χ2n) is 3.71. The van der Waals surface area contributed by atoms with Crippen LogP contribution in [0.1, 0.15) is 17.8 Å². The highest BCUT2D eigenvalue weighted by Crippen LogP contribution is 2.30. The maximum Gasteiger partial charge on any atom is 0.183 e. The molecule has 1 fully saturated rings. The molecule has 0 atom stereocenters. The Bertz CT molecular complexity index is 470. The zero-order chi connectivity index (χ0) is 10.3. The number of rotatable bonds is 3. The Labute approximate surface area is 96.2 Å². The molecule has 3 rings (SSSR count). The number of aryl methyl sites for hydroxylation is 1. The molecule has 1 saturated carbocycles. The van der Waals surface area contributed by atoms with Crippen molar-refractivity contribution in [3.63, 3.8) is 0 Å². The molecule has 5 heteroatoms. The molecule has 1 aliphatic carbocycles. The van der Waals surface area contributed by atoms with E-state index < -0.39 is 0 Å². The number of hydrogen-bond donors (Lipinski definition) is 1.